The van der Waals surface area contributed by atoms with E-state index in [0.29, 0.717) is 52.4 Å². The Bertz CT molecular complexity index is 886. The van der Waals surface area contributed by atoms with Gasteiger partial charge in [0.05, 0.1) is 9.79 Å². The van der Waals surface area contributed by atoms with E-state index in [4.69, 9.17) is 9.47 Å². The van der Waals surface area contributed by atoms with Gasteiger partial charge < -0.3 is 9.47 Å². The lowest BCUT2D eigenvalue weighted by atomic mass is 10.3. The van der Waals surface area contributed by atoms with E-state index in [1.807, 2.05) is 0 Å². The normalized spacial score (nSPS) is 12.1. The average Bonchev–Trinajstić information content (AvgIpc) is 2.80. The summed E-state index contributed by atoms with van der Waals surface area (Å²) in [7, 11) is -6.91. The molecule has 0 radical (unpaired) electrons. The highest BCUT2D eigenvalue weighted by Crippen LogP contribution is 2.07. The Labute approximate surface area is 191 Å². The molecule has 0 spiro atoms. The van der Waals surface area contributed by atoms with Crippen molar-refractivity contribution < 1.29 is 26.3 Å². The Balaban J connectivity index is 1.39. The predicted molar refractivity (Wildman–Crippen MR) is 123 cm³/mol. The quantitative estimate of drug-likeness (QED) is 0.334. The molecule has 0 aliphatic carbocycles. The summed E-state index contributed by atoms with van der Waals surface area (Å²) in [5.41, 5.74) is 0. The molecule has 0 saturated carbocycles. The highest BCUT2D eigenvalue weighted by atomic mass is 32.2. The van der Waals surface area contributed by atoms with E-state index in [2.05, 4.69) is 9.44 Å². The largest absolute Gasteiger partial charge is 0.381 e. The van der Waals surface area contributed by atoms with Gasteiger partial charge in [-0.3, -0.25) is 0 Å². The second-order valence-electron chi connectivity index (χ2n) is 7.06. The van der Waals surface area contributed by atoms with Gasteiger partial charge in [-0.05, 0) is 49.9 Å². The third-order valence-electron chi connectivity index (χ3n) is 4.45. The van der Waals surface area contributed by atoms with E-state index in [-0.39, 0.29) is 9.79 Å². The summed E-state index contributed by atoms with van der Waals surface area (Å²) in [6, 6.07) is 16.5. The first-order chi connectivity index (χ1) is 15.4. The van der Waals surface area contributed by atoms with Crippen molar-refractivity contribution >= 4 is 20.0 Å². The standard InChI is InChI=1S/C22H32N2O6S2/c25-31(26,21-11-3-1-4-12-21)23-15-9-19-29-17-7-8-18-30-20-10-16-24-32(27,28)22-13-5-2-6-14-22/h1-6,11-14,23-24H,7-10,15-20H2. The molecular weight excluding hydrogens is 452 g/mol. The maximum atomic E-state index is 12.0. The molecule has 0 heterocycles. The summed E-state index contributed by atoms with van der Waals surface area (Å²) in [5, 5.41) is 0. The van der Waals surface area contributed by atoms with Gasteiger partial charge in [0.25, 0.3) is 0 Å². The van der Waals surface area contributed by atoms with Crippen LogP contribution in [0.15, 0.2) is 70.5 Å². The van der Waals surface area contributed by atoms with Crippen LogP contribution in [0.1, 0.15) is 25.7 Å². The van der Waals surface area contributed by atoms with Crippen LogP contribution in [0.3, 0.4) is 0 Å². The molecule has 0 atom stereocenters. The minimum atomic E-state index is -3.46. The Morgan fingerprint density at radius 2 is 0.875 bits per heavy atom. The Kier molecular flexibility index (Phi) is 11.9. The molecule has 0 aromatic heterocycles. The molecule has 0 unspecified atom stereocenters. The van der Waals surface area contributed by atoms with Gasteiger partial charge in [-0.25, -0.2) is 26.3 Å². The number of benzene rings is 2. The van der Waals surface area contributed by atoms with E-state index in [1.165, 1.54) is 0 Å². The Morgan fingerprint density at radius 3 is 1.25 bits per heavy atom. The molecule has 10 heteroatoms. The van der Waals surface area contributed by atoms with Crippen molar-refractivity contribution in [2.24, 2.45) is 0 Å². The molecule has 32 heavy (non-hydrogen) atoms. The summed E-state index contributed by atoms with van der Waals surface area (Å²) >= 11 is 0. The van der Waals surface area contributed by atoms with Crippen molar-refractivity contribution in [1.82, 2.24) is 9.44 Å². The predicted octanol–water partition coefficient (Wildman–Crippen LogP) is 2.54. The topological polar surface area (TPSA) is 111 Å². The molecule has 0 aliphatic rings. The molecule has 0 saturated heterocycles. The lowest BCUT2D eigenvalue weighted by Crippen LogP contribution is -2.25. The van der Waals surface area contributed by atoms with Gasteiger partial charge in [0.1, 0.15) is 0 Å². The highest BCUT2D eigenvalue weighted by Gasteiger charge is 2.12. The zero-order valence-corrected chi connectivity index (χ0v) is 19.7. The third kappa shape index (κ3) is 10.2. The van der Waals surface area contributed by atoms with E-state index < -0.39 is 20.0 Å². The second kappa shape index (κ2) is 14.4. The second-order valence-corrected chi connectivity index (χ2v) is 10.6. The first kappa shape index (κ1) is 26.4. The van der Waals surface area contributed by atoms with Gasteiger partial charge in [0.2, 0.25) is 20.0 Å². The molecule has 178 valence electrons. The first-order valence-corrected chi connectivity index (χ1v) is 13.6. The minimum absolute atomic E-state index is 0.259. The number of rotatable bonds is 17. The fourth-order valence-electron chi connectivity index (χ4n) is 2.74. The summed E-state index contributed by atoms with van der Waals surface area (Å²) in [5.74, 6) is 0. The minimum Gasteiger partial charge on any atom is -0.381 e. The van der Waals surface area contributed by atoms with Crippen LogP contribution < -0.4 is 9.44 Å². The lowest BCUT2D eigenvalue weighted by molar-refractivity contribution is 0.101. The van der Waals surface area contributed by atoms with Crippen molar-refractivity contribution in [3.8, 4) is 0 Å². The van der Waals surface area contributed by atoms with Crippen LogP contribution in [0, 0.1) is 0 Å². The molecule has 8 nitrogen and oxygen atoms in total. The molecule has 2 aromatic carbocycles. The molecule has 0 fully saturated rings. The smallest absolute Gasteiger partial charge is 0.240 e. The number of unbranched alkanes of at least 4 members (excludes halogenated alkanes) is 1. The maximum Gasteiger partial charge on any atom is 0.240 e. The van der Waals surface area contributed by atoms with Crippen LogP contribution in [-0.4, -0.2) is 56.4 Å². The fraction of sp³-hybridized carbons (Fsp3) is 0.455. The third-order valence-corrected chi connectivity index (χ3v) is 7.40. The molecule has 2 rings (SSSR count). The van der Waals surface area contributed by atoms with E-state index >= 15 is 0 Å². The van der Waals surface area contributed by atoms with Crippen molar-refractivity contribution in [3.63, 3.8) is 0 Å². The average molecular weight is 485 g/mol. The zero-order valence-electron chi connectivity index (χ0n) is 18.1. The van der Waals surface area contributed by atoms with E-state index in [0.717, 1.165) is 12.8 Å². The lowest BCUT2D eigenvalue weighted by Gasteiger charge is -2.08. The molecular formula is C22H32N2O6S2. The van der Waals surface area contributed by atoms with E-state index in [9.17, 15) is 16.8 Å². The van der Waals surface area contributed by atoms with Crippen LogP contribution in [0.25, 0.3) is 0 Å². The Morgan fingerprint density at radius 1 is 0.531 bits per heavy atom. The summed E-state index contributed by atoms with van der Waals surface area (Å²) < 4.78 is 64.3. The van der Waals surface area contributed by atoms with Gasteiger partial charge in [-0.2, -0.15) is 0 Å². The summed E-state index contributed by atoms with van der Waals surface area (Å²) in [6.45, 7) is 2.81. The van der Waals surface area contributed by atoms with Crippen LogP contribution >= 0.6 is 0 Å². The molecule has 2 aromatic rings. The fourth-order valence-corrected chi connectivity index (χ4v) is 4.93. The monoisotopic (exact) mass is 484 g/mol. The number of hydrogen-bond donors (Lipinski definition) is 2. The van der Waals surface area contributed by atoms with Gasteiger partial charge in [0, 0.05) is 39.5 Å². The maximum absolute atomic E-state index is 12.0. The van der Waals surface area contributed by atoms with Crippen LogP contribution in [-0.2, 0) is 29.5 Å². The van der Waals surface area contributed by atoms with Crippen LogP contribution in [0.2, 0.25) is 0 Å². The van der Waals surface area contributed by atoms with Crippen molar-refractivity contribution in [2.75, 3.05) is 39.5 Å². The number of nitrogens with one attached hydrogen (secondary N) is 2. The van der Waals surface area contributed by atoms with Crippen molar-refractivity contribution in [3.05, 3.63) is 60.7 Å². The van der Waals surface area contributed by atoms with Gasteiger partial charge in [-0.1, -0.05) is 36.4 Å². The number of sulfonamides is 2. The van der Waals surface area contributed by atoms with Crippen molar-refractivity contribution in [1.29, 1.82) is 0 Å². The molecule has 2 N–H and O–H groups in total. The van der Waals surface area contributed by atoms with E-state index in [1.54, 1.807) is 60.7 Å². The number of ether oxygens (including phenoxy) is 2. The Hall–Kier alpha value is -1.82. The number of hydrogen-bond acceptors (Lipinski definition) is 6. The van der Waals surface area contributed by atoms with Crippen LogP contribution in [0.4, 0.5) is 0 Å². The molecule has 0 amide bonds. The molecule has 0 aliphatic heterocycles. The zero-order chi connectivity index (χ0) is 23.1. The SMILES string of the molecule is O=S(=O)(NCCCOCCCCOCCCNS(=O)(=O)c1ccccc1)c1ccccc1. The first-order valence-electron chi connectivity index (χ1n) is 10.7. The van der Waals surface area contributed by atoms with Gasteiger partial charge >= 0.3 is 0 Å². The van der Waals surface area contributed by atoms with Crippen molar-refractivity contribution in [2.45, 2.75) is 35.5 Å². The summed E-state index contributed by atoms with van der Waals surface area (Å²) in [6.07, 6.45) is 2.88. The highest BCUT2D eigenvalue weighted by molar-refractivity contribution is 7.89. The van der Waals surface area contributed by atoms with Gasteiger partial charge in [0.15, 0.2) is 0 Å². The van der Waals surface area contributed by atoms with Gasteiger partial charge in [-0.15, -0.1) is 0 Å². The molecule has 0 bridgehead atoms. The summed E-state index contributed by atoms with van der Waals surface area (Å²) in [4.78, 5) is 0.518. The van der Waals surface area contributed by atoms with Crippen LogP contribution in [0.5, 0.6) is 0 Å².